The Bertz CT molecular complexity index is 142. The molecular weight excluding hydrogens is 140 g/mol. The molecule has 0 aliphatic heterocycles. The molecule has 1 fully saturated rings. The van der Waals surface area contributed by atoms with Gasteiger partial charge in [0.05, 0.1) is 6.10 Å². The fraction of sp³-hybridized carbons (Fsp3) is 0.889. The molecule has 1 aliphatic carbocycles. The van der Waals surface area contributed by atoms with Crippen LogP contribution >= 0.6 is 0 Å². The van der Waals surface area contributed by atoms with Crippen molar-refractivity contribution in [2.24, 2.45) is 5.92 Å². The van der Waals surface area contributed by atoms with Gasteiger partial charge in [-0.2, -0.15) is 0 Å². The predicted molar refractivity (Wildman–Crippen MR) is 43.3 cm³/mol. The Morgan fingerprint density at radius 3 is 2.82 bits per heavy atom. The number of carbonyl (C=O) groups is 1. The van der Waals surface area contributed by atoms with Crippen LogP contribution in [0, 0.1) is 5.92 Å². The second-order valence-electron chi connectivity index (χ2n) is 3.49. The molecule has 0 amide bonds. The summed E-state index contributed by atoms with van der Waals surface area (Å²) in [4.78, 5) is 11.0. The summed E-state index contributed by atoms with van der Waals surface area (Å²) in [6.07, 6.45) is 3.77. The number of rotatable bonds is 2. The molecule has 0 saturated heterocycles. The minimum absolute atomic E-state index is 0.238. The molecule has 2 nitrogen and oxygen atoms in total. The molecular formula is C9H16O2. The van der Waals surface area contributed by atoms with Gasteiger partial charge in [-0.05, 0) is 12.3 Å². The largest absolute Gasteiger partial charge is 0.393 e. The summed E-state index contributed by atoms with van der Waals surface area (Å²) in [5.41, 5.74) is 0. The van der Waals surface area contributed by atoms with Crippen molar-refractivity contribution in [2.75, 3.05) is 0 Å². The number of Topliss-reactive ketones (excluding diaryl/α,β-unsaturated/α-hetero) is 1. The van der Waals surface area contributed by atoms with Crippen molar-refractivity contribution in [3.05, 3.63) is 0 Å². The Hall–Kier alpha value is -0.370. The third-order valence-electron chi connectivity index (χ3n) is 2.28. The van der Waals surface area contributed by atoms with Crippen LogP contribution in [0.25, 0.3) is 0 Å². The van der Waals surface area contributed by atoms with Crippen molar-refractivity contribution in [1.82, 2.24) is 0 Å². The molecule has 0 aromatic rings. The standard InChI is InChI=1S/C9H16O2/c1-2-3-7-4-8(10)6-9(11)5-7/h7-8,10H,2-6H2,1H3/t7-,8-/m0/s1. The van der Waals surface area contributed by atoms with Gasteiger partial charge in [-0.3, -0.25) is 4.79 Å². The SMILES string of the molecule is CCC[C@@H]1CC(=O)C[C@@H](O)C1. The normalized spacial score (nSPS) is 32.4. The molecule has 2 heteroatoms. The second kappa shape index (κ2) is 3.86. The van der Waals surface area contributed by atoms with E-state index in [0.717, 1.165) is 19.3 Å². The smallest absolute Gasteiger partial charge is 0.135 e. The lowest BCUT2D eigenvalue weighted by Gasteiger charge is -2.24. The highest BCUT2D eigenvalue weighted by Crippen LogP contribution is 2.25. The maximum atomic E-state index is 11.0. The van der Waals surface area contributed by atoms with Crippen LogP contribution in [0.2, 0.25) is 0 Å². The van der Waals surface area contributed by atoms with E-state index >= 15 is 0 Å². The van der Waals surface area contributed by atoms with E-state index in [1.807, 2.05) is 0 Å². The van der Waals surface area contributed by atoms with E-state index in [-0.39, 0.29) is 11.9 Å². The number of aliphatic hydroxyl groups is 1. The topological polar surface area (TPSA) is 37.3 Å². The van der Waals surface area contributed by atoms with Gasteiger partial charge in [-0.25, -0.2) is 0 Å². The van der Waals surface area contributed by atoms with Gasteiger partial charge >= 0.3 is 0 Å². The minimum atomic E-state index is -0.354. The van der Waals surface area contributed by atoms with Crippen LogP contribution in [0.5, 0.6) is 0 Å². The minimum Gasteiger partial charge on any atom is -0.393 e. The molecule has 0 radical (unpaired) electrons. The average molecular weight is 156 g/mol. The molecule has 1 N–H and O–H groups in total. The van der Waals surface area contributed by atoms with Gasteiger partial charge in [0.15, 0.2) is 0 Å². The summed E-state index contributed by atoms with van der Waals surface area (Å²) in [7, 11) is 0. The first-order chi connectivity index (χ1) is 5.22. The lowest BCUT2D eigenvalue weighted by Crippen LogP contribution is -2.26. The zero-order valence-electron chi connectivity index (χ0n) is 7.05. The molecule has 2 atom stereocenters. The van der Waals surface area contributed by atoms with Crippen molar-refractivity contribution in [3.8, 4) is 0 Å². The second-order valence-corrected chi connectivity index (χ2v) is 3.49. The molecule has 1 rings (SSSR count). The number of hydrogen-bond acceptors (Lipinski definition) is 2. The third-order valence-corrected chi connectivity index (χ3v) is 2.28. The number of carbonyl (C=O) groups excluding carboxylic acids is 1. The third kappa shape index (κ3) is 2.62. The van der Waals surface area contributed by atoms with Gasteiger partial charge in [0.25, 0.3) is 0 Å². The van der Waals surface area contributed by atoms with E-state index in [9.17, 15) is 9.90 Å². The number of ketones is 1. The van der Waals surface area contributed by atoms with Crippen LogP contribution in [-0.2, 0) is 4.79 Å². The highest BCUT2D eigenvalue weighted by Gasteiger charge is 2.24. The van der Waals surface area contributed by atoms with Crippen molar-refractivity contribution >= 4 is 5.78 Å². The first-order valence-corrected chi connectivity index (χ1v) is 4.42. The summed E-state index contributed by atoms with van der Waals surface area (Å²) in [6, 6.07) is 0. The Morgan fingerprint density at radius 2 is 2.27 bits per heavy atom. The van der Waals surface area contributed by atoms with E-state index in [0.29, 0.717) is 18.8 Å². The van der Waals surface area contributed by atoms with Crippen LogP contribution in [-0.4, -0.2) is 17.0 Å². The van der Waals surface area contributed by atoms with Gasteiger partial charge < -0.3 is 5.11 Å². The summed E-state index contributed by atoms with van der Waals surface area (Å²) >= 11 is 0. The molecule has 0 spiro atoms. The van der Waals surface area contributed by atoms with Crippen LogP contribution < -0.4 is 0 Å². The fourth-order valence-corrected chi connectivity index (χ4v) is 1.85. The lowest BCUT2D eigenvalue weighted by molar-refractivity contribution is -0.124. The van der Waals surface area contributed by atoms with Gasteiger partial charge in [0.1, 0.15) is 5.78 Å². The van der Waals surface area contributed by atoms with Crippen LogP contribution in [0.1, 0.15) is 39.0 Å². The maximum Gasteiger partial charge on any atom is 0.135 e. The van der Waals surface area contributed by atoms with Crippen molar-refractivity contribution in [3.63, 3.8) is 0 Å². The van der Waals surface area contributed by atoms with Crippen LogP contribution in [0.4, 0.5) is 0 Å². The summed E-state index contributed by atoms with van der Waals surface area (Å²) in [5, 5.41) is 9.26. The Balaban J connectivity index is 2.36. The Labute approximate surface area is 67.6 Å². The first-order valence-electron chi connectivity index (χ1n) is 4.42. The molecule has 1 aliphatic rings. The van der Waals surface area contributed by atoms with E-state index in [2.05, 4.69) is 6.92 Å². The van der Waals surface area contributed by atoms with Gasteiger partial charge in [0.2, 0.25) is 0 Å². The average Bonchev–Trinajstić information content (AvgIpc) is 1.85. The summed E-state index contributed by atoms with van der Waals surface area (Å²) < 4.78 is 0. The molecule has 0 bridgehead atoms. The van der Waals surface area contributed by atoms with E-state index in [4.69, 9.17) is 0 Å². The zero-order valence-corrected chi connectivity index (χ0v) is 7.05. The maximum absolute atomic E-state index is 11.0. The monoisotopic (exact) mass is 156 g/mol. The molecule has 0 aromatic carbocycles. The fourth-order valence-electron chi connectivity index (χ4n) is 1.85. The molecule has 1 saturated carbocycles. The molecule has 64 valence electrons. The first kappa shape index (κ1) is 8.72. The number of hydrogen-bond donors (Lipinski definition) is 1. The van der Waals surface area contributed by atoms with Crippen molar-refractivity contribution in [2.45, 2.75) is 45.1 Å². The zero-order chi connectivity index (χ0) is 8.27. The van der Waals surface area contributed by atoms with Gasteiger partial charge in [-0.1, -0.05) is 19.8 Å². The lowest BCUT2D eigenvalue weighted by atomic mass is 9.84. The van der Waals surface area contributed by atoms with E-state index in [1.54, 1.807) is 0 Å². The molecule has 0 unspecified atom stereocenters. The van der Waals surface area contributed by atoms with Crippen LogP contribution in [0.15, 0.2) is 0 Å². The predicted octanol–water partition coefficient (Wildman–Crippen LogP) is 1.52. The Kier molecular flexibility index (Phi) is 3.06. The number of aliphatic hydroxyl groups excluding tert-OH is 1. The van der Waals surface area contributed by atoms with Crippen LogP contribution in [0.3, 0.4) is 0 Å². The van der Waals surface area contributed by atoms with Gasteiger partial charge in [0, 0.05) is 12.8 Å². The quantitative estimate of drug-likeness (QED) is 0.658. The molecule has 0 aromatic heterocycles. The molecule has 0 heterocycles. The highest BCUT2D eigenvalue weighted by atomic mass is 16.3. The Morgan fingerprint density at radius 1 is 1.55 bits per heavy atom. The summed E-state index contributed by atoms with van der Waals surface area (Å²) in [5.74, 6) is 0.693. The van der Waals surface area contributed by atoms with E-state index < -0.39 is 0 Å². The van der Waals surface area contributed by atoms with E-state index in [1.165, 1.54) is 0 Å². The molecule has 11 heavy (non-hydrogen) atoms. The van der Waals surface area contributed by atoms with Gasteiger partial charge in [-0.15, -0.1) is 0 Å². The highest BCUT2D eigenvalue weighted by molar-refractivity contribution is 5.79. The van der Waals surface area contributed by atoms with Crippen molar-refractivity contribution in [1.29, 1.82) is 0 Å². The summed E-state index contributed by atoms with van der Waals surface area (Å²) in [6.45, 7) is 2.12. The van der Waals surface area contributed by atoms with Crippen molar-refractivity contribution < 1.29 is 9.90 Å².